The van der Waals surface area contributed by atoms with Crippen LogP contribution in [0.4, 0.5) is 4.79 Å². The van der Waals surface area contributed by atoms with Crippen LogP contribution < -0.4 is 5.32 Å². The number of carboxylic acid groups (broad SMARTS) is 1. The van der Waals surface area contributed by atoms with Gasteiger partial charge in [0.25, 0.3) is 0 Å². The number of carbonyl (C=O) groups is 4. The van der Waals surface area contributed by atoms with Crippen molar-refractivity contribution >= 4 is 23.9 Å². The minimum atomic E-state index is -1.35. The lowest BCUT2D eigenvalue weighted by Gasteiger charge is -2.23. The van der Waals surface area contributed by atoms with Crippen LogP contribution in [0.1, 0.15) is 6.42 Å². The van der Waals surface area contributed by atoms with Crippen molar-refractivity contribution in [2.75, 3.05) is 33.9 Å². The normalized spacial score (nSPS) is 11.2. The first-order chi connectivity index (χ1) is 9.85. The van der Waals surface area contributed by atoms with Crippen LogP contribution in [-0.2, 0) is 23.9 Å². The van der Waals surface area contributed by atoms with Gasteiger partial charge in [0.2, 0.25) is 0 Å². The Morgan fingerprint density at radius 3 is 1.90 bits per heavy atom. The minimum Gasteiger partial charge on any atom is -0.480 e. The zero-order valence-electron chi connectivity index (χ0n) is 11.7. The lowest BCUT2D eigenvalue weighted by molar-refractivity contribution is -0.144. The molecule has 10 heteroatoms. The number of carbonyl (C=O) groups excluding carboxylic acids is 3. The summed E-state index contributed by atoms with van der Waals surface area (Å²) < 4.78 is 8.75. The van der Waals surface area contributed by atoms with E-state index < -0.39 is 49.7 Å². The number of urea groups is 1. The van der Waals surface area contributed by atoms with Crippen molar-refractivity contribution in [1.82, 2.24) is 10.2 Å². The first kappa shape index (κ1) is 18.6. The van der Waals surface area contributed by atoms with Gasteiger partial charge >= 0.3 is 23.9 Å². The highest BCUT2D eigenvalue weighted by Gasteiger charge is 2.26. The fraction of sp³-hybridized carbons (Fsp3) is 0.636. The molecule has 0 aliphatic heterocycles. The molecular weight excluding hydrogens is 288 g/mol. The number of hydrogen-bond donors (Lipinski definition) is 3. The lowest BCUT2D eigenvalue weighted by atomic mass is 10.2. The first-order valence-corrected chi connectivity index (χ1v) is 5.88. The monoisotopic (exact) mass is 306 g/mol. The highest BCUT2D eigenvalue weighted by atomic mass is 16.5. The van der Waals surface area contributed by atoms with Crippen molar-refractivity contribution < 1.29 is 38.9 Å². The molecule has 0 aliphatic rings. The third-order valence-electron chi connectivity index (χ3n) is 2.40. The molecule has 21 heavy (non-hydrogen) atoms. The van der Waals surface area contributed by atoms with Crippen molar-refractivity contribution in [2.24, 2.45) is 0 Å². The SMILES string of the molecule is COC(=O)CN(CC(=O)OC)C(=O)NC(CCO)C(=O)O. The summed E-state index contributed by atoms with van der Waals surface area (Å²) in [7, 11) is 2.20. The molecule has 3 N–H and O–H groups in total. The Kier molecular flexibility index (Phi) is 8.46. The molecule has 0 saturated heterocycles. The highest BCUT2D eigenvalue weighted by molar-refractivity contribution is 5.87. The smallest absolute Gasteiger partial charge is 0.326 e. The number of rotatable bonds is 8. The summed E-state index contributed by atoms with van der Waals surface area (Å²) in [5, 5.41) is 19.7. The second-order valence-corrected chi connectivity index (χ2v) is 3.86. The number of methoxy groups -OCH3 is 2. The lowest BCUT2D eigenvalue weighted by Crippen LogP contribution is -2.51. The molecule has 0 aromatic carbocycles. The molecule has 0 radical (unpaired) electrons. The minimum absolute atomic E-state index is 0.217. The maximum Gasteiger partial charge on any atom is 0.326 e. The average molecular weight is 306 g/mol. The molecule has 0 fully saturated rings. The molecule has 0 heterocycles. The molecule has 0 spiro atoms. The number of aliphatic hydroxyl groups excluding tert-OH is 1. The largest absolute Gasteiger partial charge is 0.480 e. The molecule has 1 atom stereocenters. The number of ether oxygens (including phenoxy) is 2. The third-order valence-corrected chi connectivity index (χ3v) is 2.40. The van der Waals surface area contributed by atoms with E-state index in [0.29, 0.717) is 0 Å². The van der Waals surface area contributed by atoms with E-state index >= 15 is 0 Å². The fourth-order valence-electron chi connectivity index (χ4n) is 1.27. The van der Waals surface area contributed by atoms with Gasteiger partial charge in [-0.05, 0) is 0 Å². The first-order valence-electron chi connectivity index (χ1n) is 5.88. The van der Waals surface area contributed by atoms with Crippen molar-refractivity contribution in [3.63, 3.8) is 0 Å². The maximum absolute atomic E-state index is 11.9. The van der Waals surface area contributed by atoms with Gasteiger partial charge < -0.3 is 29.9 Å². The highest BCUT2D eigenvalue weighted by Crippen LogP contribution is 1.98. The summed E-state index contributed by atoms with van der Waals surface area (Å²) in [6, 6.07) is -2.31. The summed E-state index contributed by atoms with van der Waals surface area (Å²) in [4.78, 5) is 45.9. The summed E-state index contributed by atoms with van der Waals surface area (Å²) in [6.07, 6.45) is -0.217. The van der Waals surface area contributed by atoms with Crippen LogP contribution in [0.15, 0.2) is 0 Å². The zero-order chi connectivity index (χ0) is 16.4. The number of carboxylic acids is 1. The van der Waals surface area contributed by atoms with Gasteiger partial charge in [0, 0.05) is 13.0 Å². The Morgan fingerprint density at radius 2 is 1.57 bits per heavy atom. The fourth-order valence-corrected chi connectivity index (χ4v) is 1.27. The molecule has 0 rings (SSSR count). The number of hydrogen-bond acceptors (Lipinski definition) is 7. The third kappa shape index (κ3) is 7.11. The van der Waals surface area contributed by atoms with Gasteiger partial charge in [-0.2, -0.15) is 0 Å². The van der Waals surface area contributed by atoms with E-state index in [1.807, 2.05) is 0 Å². The van der Waals surface area contributed by atoms with Crippen molar-refractivity contribution in [1.29, 1.82) is 0 Å². The molecule has 0 aromatic rings. The Morgan fingerprint density at radius 1 is 1.10 bits per heavy atom. The second kappa shape index (κ2) is 9.53. The summed E-state index contributed by atoms with van der Waals surface area (Å²) in [5.74, 6) is -2.93. The number of nitrogens with one attached hydrogen (secondary N) is 1. The van der Waals surface area contributed by atoms with E-state index in [2.05, 4.69) is 14.8 Å². The molecule has 120 valence electrons. The van der Waals surface area contributed by atoms with Crippen LogP contribution in [0.3, 0.4) is 0 Å². The zero-order valence-corrected chi connectivity index (χ0v) is 11.7. The van der Waals surface area contributed by atoms with Crippen LogP contribution >= 0.6 is 0 Å². The Labute approximate surface area is 120 Å². The van der Waals surface area contributed by atoms with E-state index in [-0.39, 0.29) is 6.42 Å². The average Bonchev–Trinajstić information content (AvgIpc) is 2.45. The van der Waals surface area contributed by atoms with Gasteiger partial charge in [-0.3, -0.25) is 9.59 Å². The second-order valence-electron chi connectivity index (χ2n) is 3.86. The van der Waals surface area contributed by atoms with Crippen molar-refractivity contribution in [2.45, 2.75) is 12.5 Å². The summed E-state index contributed by atoms with van der Waals surface area (Å²) >= 11 is 0. The Bertz CT molecular complexity index is 380. The number of nitrogens with zero attached hydrogens (tertiary/aromatic N) is 1. The maximum atomic E-state index is 11.9. The van der Waals surface area contributed by atoms with Gasteiger partial charge in [0.1, 0.15) is 19.1 Å². The Hall–Kier alpha value is -2.36. The van der Waals surface area contributed by atoms with E-state index in [9.17, 15) is 19.2 Å². The predicted octanol–water partition coefficient (Wildman–Crippen LogP) is -1.82. The van der Waals surface area contributed by atoms with E-state index in [1.165, 1.54) is 0 Å². The van der Waals surface area contributed by atoms with Gasteiger partial charge in [-0.1, -0.05) is 0 Å². The number of aliphatic carboxylic acids is 1. The molecule has 0 saturated carbocycles. The Balaban J connectivity index is 4.86. The van der Waals surface area contributed by atoms with Crippen molar-refractivity contribution in [3.8, 4) is 0 Å². The van der Waals surface area contributed by atoms with E-state index in [0.717, 1.165) is 19.1 Å². The topological polar surface area (TPSA) is 142 Å². The molecule has 0 aromatic heterocycles. The van der Waals surface area contributed by atoms with E-state index in [1.54, 1.807) is 0 Å². The van der Waals surface area contributed by atoms with Gasteiger partial charge in [0.05, 0.1) is 14.2 Å². The number of aliphatic hydroxyl groups is 1. The van der Waals surface area contributed by atoms with Crippen LogP contribution in [0.5, 0.6) is 0 Å². The van der Waals surface area contributed by atoms with Gasteiger partial charge in [-0.15, -0.1) is 0 Å². The molecule has 0 bridgehead atoms. The number of esters is 2. The van der Waals surface area contributed by atoms with Crippen LogP contribution in [0.25, 0.3) is 0 Å². The van der Waals surface area contributed by atoms with Crippen LogP contribution in [-0.4, -0.2) is 79.0 Å². The standard InChI is InChI=1S/C11H18N2O8/c1-20-8(15)5-13(6-9(16)21-2)11(19)12-7(3-4-14)10(17)18/h7,14H,3-6H2,1-2H3,(H,12,19)(H,17,18). The summed E-state index contributed by atoms with van der Waals surface area (Å²) in [5.41, 5.74) is 0. The molecule has 1 unspecified atom stereocenters. The number of amides is 2. The van der Waals surface area contributed by atoms with Crippen LogP contribution in [0, 0.1) is 0 Å². The quantitative estimate of drug-likeness (QED) is 0.445. The van der Waals surface area contributed by atoms with Gasteiger partial charge in [0.15, 0.2) is 0 Å². The molecule has 10 nitrogen and oxygen atoms in total. The molecular formula is C11H18N2O8. The van der Waals surface area contributed by atoms with E-state index in [4.69, 9.17) is 10.2 Å². The predicted molar refractivity (Wildman–Crippen MR) is 67.3 cm³/mol. The molecule has 2 amide bonds. The van der Waals surface area contributed by atoms with Gasteiger partial charge in [-0.25, -0.2) is 9.59 Å². The molecule has 0 aliphatic carbocycles. The van der Waals surface area contributed by atoms with Crippen molar-refractivity contribution in [3.05, 3.63) is 0 Å². The van der Waals surface area contributed by atoms with Crippen LogP contribution in [0.2, 0.25) is 0 Å². The summed E-state index contributed by atoms with van der Waals surface area (Å²) in [6.45, 7) is -1.56.